The van der Waals surface area contributed by atoms with Crippen LogP contribution in [-0.2, 0) is 10.2 Å². The molecule has 3 aromatic carbocycles. The van der Waals surface area contributed by atoms with E-state index in [1.54, 1.807) is 12.1 Å². The molecule has 1 N–H and O–H groups in total. The van der Waals surface area contributed by atoms with Crippen molar-refractivity contribution in [3.63, 3.8) is 0 Å². The van der Waals surface area contributed by atoms with Crippen molar-refractivity contribution in [2.45, 2.75) is 56.5 Å². The van der Waals surface area contributed by atoms with Crippen LogP contribution in [0.1, 0.15) is 51.8 Å². The molecular formula is C29H30Cl2N4OS. The highest BCUT2D eigenvalue weighted by Gasteiger charge is 2.24. The molecule has 192 valence electrons. The van der Waals surface area contributed by atoms with Crippen LogP contribution in [0.4, 0.5) is 0 Å². The number of carbonyl (C=O) groups is 1. The van der Waals surface area contributed by atoms with Gasteiger partial charge in [0.15, 0.2) is 11.0 Å². The second kappa shape index (κ2) is 11.3. The molecule has 5 nitrogen and oxygen atoms in total. The van der Waals surface area contributed by atoms with E-state index in [0.29, 0.717) is 15.2 Å². The molecular weight excluding hydrogens is 523 g/mol. The topological polar surface area (TPSA) is 59.8 Å². The number of carbonyl (C=O) groups excluding carboxylic acids is 1. The summed E-state index contributed by atoms with van der Waals surface area (Å²) >= 11 is 13.7. The Bertz CT molecular complexity index is 1380. The molecule has 1 heterocycles. The van der Waals surface area contributed by atoms with E-state index in [-0.39, 0.29) is 17.4 Å². The summed E-state index contributed by atoms with van der Waals surface area (Å²) < 4.78 is 2.00. The van der Waals surface area contributed by atoms with Gasteiger partial charge in [-0.2, -0.15) is 0 Å². The van der Waals surface area contributed by atoms with E-state index in [2.05, 4.69) is 60.6 Å². The average Bonchev–Trinajstić information content (AvgIpc) is 3.27. The fraction of sp³-hybridized carbons (Fsp3) is 0.276. The van der Waals surface area contributed by atoms with Crippen LogP contribution in [-0.4, -0.2) is 25.9 Å². The number of para-hydroxylation sites is 1. The summed E-state index contributed by atoms with van der Waals surface area (Å²) in [6.07, 6.45) is 0. The highest BCUT2D eigenvalue weighted by molar-refractivity contribution is 8.00. The molecule has 8 heteroatoms. The molecule has 37 heavy (non-hydrogen) atoms. The first-order chi connectivity index (χ1) is 17.5. The van der Waals surface area contributed by atoms with Crippen molar-refractivity contribution in [3.05, 3.63) is 94.0 Å². The third-order valence-electron chi connectivity index (χ3n) is 6.10. The highest BCUT2D eigenvalue weighted by atomic mass is 35.5. The lowest BCUT2D eigenvalue weighted by atomic mass is 9.87. The molecule has 0 spiro atoms. The van der Waals surface area contributed by atoms with Gasteiger partial charge in [-0.15, -0.1) is 10.2 Å². The SMILES string of the molecule is C[C@H](Sc1nnc(-c2ccc(C(C)(C)C)cc2)n1-c1ccccc1)C(=O)N[C@H](C)c1ccc(Cl)cc1Cl. The van der Waals surface area contributed by atoms with Crippen molar-refractivity contribution in [1.29, 1.82) is 0 Å². The Morgan fingerprint density at radius 2 is 1.62 bits per heavy atom. The predicted octanol–water partition coefficient (Wildman–Crippen LogP) is 7.90. The Morgan fingerprint density at radius 3 is 2.24 bits per heavy atom. The molecule has 4 rings (SSSR count). The zero-order valence-corrected chi connectivity index (χ0v) is 23.8. The van der Waals surface area contributed by atoms with Crippen LogP contribution in [0.25, 0.3) is 17.1 Å². The van der Waals surface area contributed by atoms with Gasteiger partial charge in [-0.05, 0) is 54.7 Å². The maximum Gasteiger partial charge on any atom is 0.233 e. The van der Waals surface area contributed by atoms with Gasteiger partial charge in [0.1, 0.15) is 0 Å². The summed E-state index contributed by atoms with van der Waals surface area (Å²) in [5.41, 5.74) is 4.00. The molecule has 0 aliphatic rings. The lowest BCUT2D eigenvalue weighted by Crippen LogP contribution is -2.33. The van der Waals surface area contributed by atoms with Crippen LogP contribution in [0, 0.1) is 0 Å². The summed E-state index contributed by atoms with van der Waals surface area (Å²) in [5.74, 6) is 0.602. The third kappa shape index (κ3) is 6.38. The van der Waals surface area contributed by atoms with Gasteiger partial charge >= 0.3 is 0 Å². The van der Waals surface area contributed by atoms with Crippen molar-refractivity contribution in [2.24, 2.45) is 0 Å². The van der Waals surface area contributed by atoms with Gasteiger partial charge in [-0.25, -0.2) is 0 Å². The van der Waals surface area contributed by atoms with Gasteiger partial charge in [0.2, 0.25) is 5.91 Å². The van der Waals surface area contributed by atoms with Crippen molar-refractivity contribution in [1.82, 2.24) is 20.1 Å². The fourth-order valence-corrected chi connectivity index (χ4v) is 5.38. The van der Waals surface area contributed by atoms with Crippen LogP contribution in [0.15, 0.2) is 78.0 Å². The number of benzene rings is 3. The van der Waals surface area contributed by atoms with Gasteiger partial charge in [0, 0.05) is 21.3 Å². The van der Waals surface area contributed by atoms with Crippen LogP contribution < -0.4 is 5.32 Å². The molecule has 0 aliphatic heterocycles. The zero-order valence-electron chi connectivity index (χ0n) is 21.5. The van der Waals surface area contributed by atoms with Gasteiger partial charge in [-0.3, -0.25) is 9.36 Å². The lowest BCUT2D eigenvalue weighted by molar-refractivity contribution is -0.120. The van der Waals surface area contributed by atoms with Gasteiger partial charge in [-0.1, -0.05) is 104 Å². The second-order valence-electron chi connectivity index (χ2n) is 9.96. The first kappa shape index (κ1) is 27.2. The number of hydrogen-bond donors (Lipinski definition) is 1. The number of halogens is 2. The normalized spacial score (nSPS) is 13.3. The van der Waals surface area contributed by atoms with E-state index < -0.39 is 5.25 Å². The monoisotopic (exact) mass is 552 g/mol. The summed E-state index contributed by atoms with van der Waals surface area (Å²) in [7, 11) is 0. The highest BCUT2D eigenvalue weighted by Crippen LogP contribution is 2.32. The smallest absolute Gasteiger partial charge is 0.233 e. The first-order valence-electron chi connectivity index (χ1n) is 12.1. The first-order valence-corrected chi connectivity index (χ1v) is 13.7. The number of nitrogens with one attached hydrogen (secondary N) is 1. The molecule has 0 aliphatic carbocycles. The molecule has 0 unspecified atom stereocenters. The minimum Gasteiger partial charge on any atom is -0.349 e. The van der Waals surface area contributed by atoms with Gasteiger partial charge in [0.05, 0.1) is 11.3 Å². The molecule has 4 aromatic rings. The Kier molecular flexibility index (Phi) is 8.32. The zero-order chi connectivity index (χ0) is 26.7. The van der Waals surface area contributed by atoms with Crippen LogP contribution >= 0.6 is 35.0 Å². The Hall–Kier alpha value is -2.80. The Balaban J connectivity index is 1.59. The second-order valence-corrected chi connectivity index (χ2v) is 12.1. The number of thioether (sulfide) groups is 1. The Labute approximate surface area is 232 Å². The molecule has 1 aromatic heterocycles. The van der Waals surface area contributed by atoms with Crippen LogP contribution in [0.5, 0.6) is 0 Å². The van der Waals surface area contributed by atoms with Crippen molar-refractivity contribution in [3.8, 4) is 17.1 Å². The van der Waals surface area contributed by atoms with Gasteiger partial charge in [0.25, 0.3) is 0 Å². The summed E-state index contributed by atoms with van der Waals surface area (Å²) in [5, 5.41) is 13.4. The number of nitrogens with zero attached hydrogens (tertiary/aromatic N) is 3. The van der Waals surface area contributed by atoms with E-state index in [4.69, 9.17) is 23.2 Å². The standard InChI is InChI=1S/C29H30Cl2N4OS/c1-18(24-16-15-22(30)17-25(24)31)32-27(36)19(2)37-28-34-33-26(35(28)23-9-7-6-8-10-23)20-11-13-21(14-12-20)29(3,4)5/h6-19H,1-5H3,(H,32,36)/t18-,19+/m1/s1. The lowest BCUT2D eigenvalue weighted by Gasteiger charge is -2.20. The van der Waals surface area contributed by atoms with Crippen molar-refractivity contribution in [2.75, 3.05) is 0 Å². The molecule has 0 radical (unpaired) electrons. The summed E-state index contributed by atoms with van der Waals surface area (Å²) in [4.78, 5) is 13.1. The van der Waals surface area contributed by atoms with E-state index in [9.17, 15) is 4.79 Å². The van der Waals surface area contributed by atoms with E-state index >= 15 is 0 Å². The molecule has 0 fully saturated rings. The maximum atomic E-state index is 13.1. The van der Waals surface area contributed by atoms with Crippen LogP contribution in [0.3, 0.4) is 0 Å². The fourth-order valence-electron chi connectivity index (χ4n) is 3.94. The molecule has 1 amide bonds. The summed E-state index contributed by atoms with van der Waals surface area (Å²) in [6, 6.07) is 23.4. The average molecular weight is 554 g/mol. The molecule has 2 atom stereocenters. The maximum absolute atomic E-state index is 13.1. The minimum atomic E-state index is -0.420. The molecule has 0 saturated carbocycles. The number of aromatic nitrogens is 3. The Morgan fingerprint density at radius 1 is 0.946 bits per heavy atom. The number of rotatable bonds is 7. The largest absolute Gasteiger partial charge is 0.349 e. The predicted molar refractivity (Wildman–Crippen MR) is 154 cm³/mol. The van der Waals surface area contributed by atoms with Crippen molar-refractivity contribution >= 4 is 40.9 Å². The van der Waals surface area contributed by atoms with E-state index in [1.807, 2.05) is 54.8 Å². The van der Waals surface area contributed by atoms with Gasteiger partial charge < -0.3 is 5.32 Å². The number of hydrogen-bond acceptors (Lipinski definition) is 4. The van der Waals surface area contributed by atoms with Crippen molar-refractivity contribution < 1.29 is 4.79 Å². The summed E-state index contributed by atoms with van der Waals surface area (Å²) in [6.45, 7) is 10.3. The number of amides is 1. The van der Waals surface area contributed by atoms with Crippen LogP contribution in [0.2, 0.25) is 10.0 Å². The third-order valence-corrected chi connectivity index (χ3v) is 7.70. The minimum absolute atomic E-state index is 0.0583. The van der Waals surface area contributed by atoms with E-state index in [1.165, 1.54) is 17.3 Å². The quantitative estimate of drug-likeness (QED) is 0.237. The van der Waals surface area contributed by atoms with E-state index in [0.717, 1.165) is 22.6 Å². The molecule has 0 saturated heterocycles. The molecule has 0 bridgehead atoms.